The summed E-state index contributed by atoms with van der Waals surface area (Å²) in [4.78, 5) is 8.78. The molecule has 1 aliphatic rings. The van der Waals surface area contributed by atoms with Crippen LogP contribution in [0, 0.1) is 5.82 Å². The van der Waals surface area contributed by atoms with Crippen LogP contribution in [-0.4, -0.2) is 14.5 Å². The van der Waals surface area contributed by atoms with Gasteiger partial charge in [0.15, 0.2) is 0 Å². The van der Waals surface area contributed by atoms with Crippen molar-refractivity contribution in [2.45, 2.75) is 31.9 Å². The number of benzene rings is 2. The first-order chi connectivity index (χ1) is 14.1. The Morgan fingerprint density at radius 3 is 2.79 bits per heavy atom. The lowest BCUT2D eigenvalue weighted by molar-refractivity contribution is 0.299. The summed E-state index contributed by atoms with van der Waals surface area (Å²) in [7, 11) is 0. The maximum absolute atomic E-state index is 14.0. The van der Waals surface area contributed by atoms with E-state index in [9.17, 15) is 4.39 Å². The molecule has 0 saturated heterocycles. The van der Waals surface area contributed by atoms with Gasteiger partial charge in [-0.15, -0.1) is 0 Å². The Kier molecular flexibility index (Phi) is 4.59. The number of rotatable bonds is 4. The number of imidazole rings is 1. The number of halogens is 2. The van der Waals surface area contributed by atoms with Crippen molar-refractivity contribution in [2.24, 2.45) is 0 Å². The minimum atomic E-state index is -0.292. The van der Waals surface area contributed by atoms with Crippen LogP contribution in [0.15, 0.2) is 65.4 Å². The van der Waals surface area contributed by atoms with Gasteiger partial charge in [0, 0.05) is 29.9 Å². The molecule has 6 heteroatoms. The second-order valence-corrected chi connectivity index (χ2v) is 8.28. The lowest BCUT2D eigenvalue weighted by Gasteiger charge is -2.19. The highest BCUT2D eigenvalue weighted by Crippen LogP contribution is 2.45. The first-order valence-corrected chi connectivity index (χ1v) is 10.4. The van der Waals surface area contributed by atoms with E-state index in [-0.39, 0.29) is 17.8 Å². The van der Waals surface area contributed by atoms with Crippen molar-refractivity contribution in [3.63, 3.8) is 0 Å². The number of aromatic nitrogens is 3. The fraction of sp³-hybridized carbons (Fsp3) is 0.217. The van der Waals surface area contributed by atoms with Crippen molar-refractivity contribution in [1.82, 2.24) is 14.5 Å². The molecular formula is C23H19BrFN3O. The Labute approximate surface area is 176 Å². The maximum atomic E-state index is 14.0. The average molecular weight is 452 g/mol. The number of para-hydroxylation sites is 1. The molecule has 1 aliphatic heterocycles. The van der Waals surface area contributed by atoms with Gasteiger partial charge in [-0.2, -0.15) is 0 Å². The number of nitrogens with zero attached hydrogens (tertiary/aromatic N) is 3. The molecule has 0 bridgehead atoms. The zero-order chi connectivity index (χ0) is 20.0. The molecule has 2 unspecified atom stereocenters. The second-order valence-electron chi connectivity index (χ2n) is 7.43. The molecule has 0 spiro atoms. The zero-order valence-electron chi connectivity index (χ0n) is 15.8. The topological polar surface area (TPSA) is 39.9 Å². The predicted molar refractivity (Wildman–Crippen MR) is 114 cm³/mol. The number of hydrogen-bond acceptors (Lipinski definition) is 3. The van der Waals surface area contributed by atoms with E-state index in [2.05, 4.69) is 38.5 Å². The molecule has 2 aromatic carbocycles. The van der Waals surface area contributed by atoms with E-state index in [4.69, 9.17) is 9.72 Å². The highest BCUT2D eigenvalue weighted by atomic mass is 79.9. The third kappa shape index (κ3) is 3.21. The molecular weight excluding hydrogens is 433 g/mol. The smallest absolute Gasteiger partial charge is 0.139 e. The van der Waals surface area contributed by atoms with E-state index >= 15 is 0 Å². The molecule has 0 aliphatic carbocycles. The Balaban J connectivity index is 1.56. The minimum Gasteiger partial charge on any atom is -0.489 e. The van der Waals surface area contributed by atoms with Gasteiger partial charge in [0.25, 0.3) is 0 Å². The summed E-state index contributed by atoms with van der Waals surface area (Å²) in [5, 5.41) is 0. The number of fused-ring (bicyclic) bond motifs is 3. The second kappa shape index (κ2) is 7.26. The number of hydrogen-bond donors (Lipinski definition) is 0. The van der Waals surface area contributed by atoms with E-state index < -0.39 is 0 Å². The molecule has 4 aromatic rings. The molecule has 0 fully saturated rings. The summed E-state index contributed by atoms with van der Waals surface area (Å²) in [5.74, 6) is 1.84. The first-order valence-electron chi connectivity index (χ1n) is 9.59. The third-order valence-corrected chi connectivity index (χ3v) is 6.12. The zero-order valence-corrected chi connectivity index (χ0v) is 17.4. The van der Waals surface area contributed by atoms with Crippen molar-refractivity contribution in [2.75, 3.05) is 0 Å². The van der Waals surface area contributed by atoms with Crippen LogP contribution in [-0.2, 0) is 6.61 Å². The van der Waals surface area contributed by atoms with Crippen LogP contribution >= 0.6 is 15.9 Å². The highest BCUT2D eigenvalue weighted by Gasteiger charge is 2.34. The van der Waals surface area contributed by atoms with Gasteiger partial charge in [-0.1, -0.05) is 25.1 Å². The van der Waals surface area contributed by atoms with Crippen LogP contribution in [0.25, 0.3) is 11.0 Å². The normalized spacial score (nSPS) is 18.2. The molecule has 29 heavy (non-hydrogen) atoms. The van der Waals surface area contributed by atoms with Crippen LogP contribution in [0.4, 0.5) is 4.39 Å². The number of ether oxygens (including phenoxy) is 1. The summed E-state index contributed by atoms with van der Waals surface area (Å²) in [6.45, 7) is 2.65. The quantitative estimate of drug-likeness (QED) is 0.381. The lowest BCUT2D eigenvalue weighted by Crippen LogP contribution is -2.08. The largest absolute Gasteiger partial charge is 0.489 e. The van der Waals surface area contributed by atoms with E-state index in [1.807, 2.05) is 36.4 Å². The standard InChI is InChI=1S/C23H19BrFN3O/c1-14-10-20(28-21-11-17(24)18(25)12-19(21)27-23(14)28)16-4-2-3-5-22(16)29-13-15-6-8-26-9-7-15/h2-9,11-12,14,20H,10,13H2,1H3. The van der Waals surface area contributed by atoms with Crippen molar-refractivity contribution in [3.8, 4) is 5.75 Å². The summed E-state index contributed by atoms with van der Waals surface area (Å²) in [6, 6.07) is 15.5. The highest BCUT2D eigenvalue weighted by molar-refractivity contribution is 9.10. The monoisotopic (exact) mass is 451 g/mol. The molecule has 4 nitrogen and oxygen atoms in total. The van der Waals surface area contributed by atoms with Gasteiger partial charge in [0.1, 0.15) is 24.0 Å². The van der Waals surface area contributed by atoms with Crippen molar-refractivity contribution in [3.05, 3.63) is 88.2 Å². The van der Waals surface area contributed by atoms with Gasteiger partial charge in [-0.25, -0.2) is 9.37 Å². The van der Waals surface area contributed by atoms with Gasteiger partial charge in [-0.3, -0.25) is 4.98 Å². The van der Waals surface area contributed by atoms with E-state index in [0.717, 1.165) is 34.6 Å². The average Bonchev–Trinajstić information content (AvgIpc) is 3.25. The Morgan fingerprint density at radius 1 is 1.17 bits per heavy atom. The van der Waals surface area contributed by atoms with Crippen molar-refractivity contribution in [1.29, 1.82) is 0 Å². The molecule has 0 saturated carbocycles. The van der Waals surface area contributed by atoms with Crippen LogP contribution < -0.4 is 4.74 Å². The lowest BCUT2D eigenvalue weighted by atomic mass is 9.99. The van der Waals surface area contributed by atoms with Crippen molar-refractivity contribution >= 4 is 27.0 Å². The molecule has 3 heterocycles. The first kappa shape index (κ1) is 18.3. The summed E-state index contributed by atoms with van der Waals surface area (Å²) >= 11 is 3.32. The Morgan fingerprint density at radius 2 is 1.97 bits per heavy atom. The minimum absolute atomic E-state index is 0.0935. The van der Waals surface area contributed by atoms with Crippen LogP contribution in [0.3, 0.4) is 0 Å². The van der Waals surface area contributed by atoms with Gasteiger partial charge < -0.3 is 9.30 Å². The van der Waals surface area contributed by atoms with Crippen LogP contribution in [0.1, 0.15) is 42.3 Å². The molecule has 2 aromatic heterocycles. The van der Waals surface area contributed by atoms with Crippen molar-refractivity contribution < 1.29 is 9.13 Å². The van der Waals surface area contributed by atoms with E-state index in [0.29, 0.717) is 16.6 Å². The Bertz CT molecular complexity index is 1190. The summed E-state index contributed by atoms with van der Waals surface area (Å²) in [5.41, 5.74) is 3.81. The molecule has 5 rings (SSSR count). The SMILES string of the molecule is CC1CC(c2ccccc2OCc2ccncc2)n2c1nc1cc(F)c(Br)cc12. The maximum Gasteiger partial charge on any atom is 0.139 e. The van der Waals surface area contributed by atoms with Gasteiger partial charge in [-0.05, 0) is 52.2 Å². The molecule has 0 N–H and O–H groups in total. The third-order valence-electron chi connectivity index (χ3n) is 5.51. The van der Waals surface area contributed by atoms with Gasteiger partial charge in [0.05, 0.1) is 21.5 Å². The summed E-state index contributed by atoms with van der Waals surface area (Å²) < 4.78 is 22.9. The van der Waals surface area contributed by atoms with Gasteiger partial charge >= 0.3 is 0 Å². The van der Waals surface area contributed by atoms with E-state index in [1.54, 1.807) is 12.4 Å². The fourth-order valence-electron chi connectivity index (χ4n) is 4.12. The predicted octanol–water partition coefficient (Wildman–Crippen LogP) is 6.01. The van der Waals surface area contributed by atoms with E-state index in [1.165, 1.54) is 6.07 Å². The fourth-order valence-corrected chi connectivity index (χ4v) is 4.45. The van der Waals surface area contributed by atoms with Crippen LogP contribution in [0.5, 0.6) is 5.75 Å². The number of pyridine rings is 1. The summed E-state index contributed by atoms with van der Waals surface area (Å²) in [6.07, 6.45) is 4.47. The van der Waals surface area contributed by atoms with Crippen LogP contribution in [0.2, 0.25) is 0 Å². The van der Waals surface area contributed by atoms with Gasteiger partial charge in [0.2, 0.25) is 0 Å². The molecule has 0 amide bonds. The molecule has 146 valence electrons. The Hall–Kier alpha value is -2.73. The molecule has 2 atom stereocenters. The molecule has 0 radical (unpaired) electrons.